The van der Waals surface area contributed by atoms with Crippen molar-refractivity contribution in [3.63, 3.8) is 0 Å². The normalized spacial score (nSPS) is 29.7. The SMILES string of the molecule is CNC(=O)[C@@H]1[C@@H]2CCC3(O2)C(C(=O)Nc2ccccc2Cl)N([C@@H](CO)Cc2ccccc2)C(=O)[C@H]13. The van der Waals surface area contributed by atoms with Gasteiger partial charge in [-0.1, -0.05) is 54.1 Å². The minimum absolute atomic E-state index is 0.273. The first-order valence-electron chi connectivity index (χ1n) is 11.8. The van der Waals surface area contributed by atoms with E-state index in [1.165, 1.54) is 11.9 Å². The van der Waals surface area contributed by atoms with Crippen molar-refractivity contribution in [2.45, 2.75) is 43.1 Å². The van der Waals surface area contributed by atoms with Crippen LogP contribution in [0.1, 0.15) is 18.4 Å². The second kappa shape index (κ2) is 9.26. The molecule has 1 spiro atoms. The van der Waals surface area contributed by atoms with Gasteiger partial charge in [-0.05, 0) is 37.0 Å². The second-order valence-corrected chi connectivity index (χ2v) is 9.82. The summed E-state index contributed by atoms with van der Waals surface area (Å²) >= 11 is 6.29. The number of ether oxygens (including phenoxy) is 1. The first-order chi connectivity index (χ1) is 16.9. The van der Waals surface area contributed by atoms with E-state index in [9.17, 15) is 19.5 Å². The van der Waals surface area contributed by atoms with Crippen molar-refractivity contribution in [3.8, 4) is 0 Å². The number of hydrogen-bond acceptors (Lipinski definition) is 5. The standard InChI is InChI=1S/C26H28ClN3O5/c1-28-23(32)20-19-11-12-26(35-19)21(20)25(34)30(16(14-31)13-15-7-3-2-4-8-15)22(26)24(33)29-18-10-6-5-9-17(18)27/h2-10,16,19-22,31H,11-14H2,1H3,(H,28,32)(H,29,33)/t16-,19+,20-,21+,22?,26?/m1/s1. The molecular weight excluding hydrogens is 470 g/mol. The lowest BCUT2D eigenvalue weighted by molar-refractivity contribution is -0.143. The largest absolute Gasteiger partial charge is 0.394 e. The number of halogens is 1. The van der Waals surface area contributed by atoms with Crippen molar-refractivity contribution < 1.29 is 24.2 Å². The average molecular weight is 498 g/mol. The van der Waals surface area contributed by atoms with Crippen LogP contribution in [0.2, 0.25) is 5.02 Å². The van der Waals surface area contributed by atoms with Crippen LogP contribution in [0.15, 0.2) is 54.6 Å². The van der Waals surface area contributed by atoms with Crippen LogP contribution in [-0.2, 0) is 25.5 Å². The van der Waals surface area contributed by atoms with Gasteiger partial charge in [0.1, 0.15) is 11.6 Å². The van der Waals surface area contributed by atoms with Gasteiger partial charge in [0, 0.05) is 7.05 Å². The zero-order valence-electron chi connectivity index (χ0n) is 19.3. The third kappa shape index (κ3) is 3.80. The summed E-state index contributed by atoms with van der Waals surface area (Å²) in [6.07, 6.45) is 0.981. The topological polar surface area (TPSA) is 108 Å². The molecule has 2 unspecified atom stereocenters. The van der Waals surface area contributed by atoms with E-state index in [0.717, 1.165) is 5.56 Å². The van der Waals surface area contributed by atoms with E-state index in [0.29, 0.717) is 30.0 Å². The van der Waals surface area contributed by atoms with Crippen LogP contribution in [0, 0.1) is 11.8 Å². The Labute approximate surface area is 208 Å². The summed E-state index contributed by atoms with van der Waals surface area (Å²) in [4.78, 5) is 42.1. The number of fused-ring (bicyclic) bond motifs is 1. The van der Waals surface area contributed by atoms with Crippen molar-refractivity contribution in [1.82, 2.24) is 10.2 Å². The molecule has 5 rings (SSSR count). The molecule has 0 aromatic heterocycles. The first-order valence-corrected chi connectivity index (χ1v) is 12.2. The smallest absolute Gasteiger partial charge is 0.250 e. The molecule has 3 saturated heterocycles. The van der Waals surface area contributed by atoms with Gasteiger partial charge < -0.3 is 25.4 Å². The Hall–Kier alpha value is -2.94. The highest BCUT2D eigenvalue weighted by atomic mass is 35.5. The Morgan fingerprint density at radius 1 is 1.17 bits per heavy atom. The van der Waals surface area contributed by atoms with Crippen LogP contribution in [0.25, 0.3) is 0 Å². The lowest BCUT2D eigenvalue weighted by Crippen LogP contribution is -2.56. The predicted molar refractivity (Wildman–Crippen MR) is 130 cm³/mol. The number of benzene rings is 2. The van der Waals surface area contributed by atoms with Crippen LogP contribution in [-0.4, -0.2) is 65.2 Å². The highest BCUT2D eigenvalue weighted by Gasteiger charge is 2.75. The van der Waals surface area contributed by atoms with Crippen molar-refractivity contribution in [2.75, 3.05) is 19.0 Å². The third-order valence-electron chi connectivity index (χ3n) is 7.59. The van der Waals surface area contributed by atoms with Crippen LogP contribution in [0.4, 0.5) is 5.69 Å². The van der Waals surface area contributed by atoms with Gasteiger partial charge in [0.25, 0.3) is 0 Å². The number of anilines is 1. The van der Waals surface area contributed by atoms with Gasteiger partial charge in [-0.2, -0.15) is 0 Å². The summed E-state index contributed by atoms with van der Waals surface area (Å²) in [5.74, 6) is -2.54. The Balaban J connectivity index is 1.56. The van der Waals surface area contributed by atoms with Gasteiger partial charge in [0.15, 0.2) is 0 Å². The summed E-state index contributed by atoms with van der Waals surface area (Å²) in [5.41, 5.74) is 0.201. The molecule has 0 saturated carbocycles. The summed E-state index contributed by atoms with van der Waals surface area (Å²) in [6.45, 7) is -0.340. The van der Waals surface area contributed by atoms with Crippen LogP contribution >= 0.6 is 11.6 Å². The number of rotatable bonds is 7. The molecule has 0 radical (unpaired) electrons. The Morgan fingerprint density at radius 3 is 2.57 bits per heavy atom. The van der Waals surface area contributed by atoms with E-state index < -0.39 is 41.5 Å². The monoisotopic (exact) mass is 497 g/mol. The fourth-order valence-corrected chi connectivity index (χ4v) is 6.33. The maximum absolute atomic E-state index is 14.0. The lowest BCUT2D eigenvalue weighted by atomic mass is 9.70. The molecule has 3 heterocycles. The molecule has 8 nitrogen and oxygen atoms in total. The fourth-order valence-electron chi connectivity index (χ4n) is 6.15. The van der Waals surface area contributed by atoms with Gasteiger partial charge in [0.05, 0.1) is 41.3 Å². The number of carbonyl (C=O) groups is 3. The fraction of sp³-hybridized carbons (Fsp3) is 0.423. The van der Waals surface area contributed by atoms with Gasteiger partial charge in [-0.25, -0.2) is 0 Å². The number of hydrogen-bond donors (Lipinski definition) is 3. The molecule has 3 N–H and O–H groups in total. The molecule has 3 aliphatic heterocycles. The number of aliphatic hydroxyl groups is 1. The molecule has 3 aliphatic rings. The van der Waals surface area contributed by atoms with Gasteiger partial charge in [-0.3, -0.25) is 14.4 Å². The number of carbonyl (C=O) groups excluding carboxylic acids is 3. The number of likely N-dealkylation sites (tertiary alicyclic amines) is 1. The molecule has 3 fully saturated rings. The maximum atomic E-state index is 14.0. The Morgan fingerprint density at radius 2 is 1.89 bits per heavy atom. The molecule has 35 heavy (non-hydrogen) atoms. The molecule has 2 bridgehead atoms. The molecular formula is C26H28ClN3O5. The number of para-hydroxylation sites is 1. The third-order valence-corrected chi connectivity index (χ3v) is 7.92. The van der Waals surface area contributed by atoms with Gasteiger partial charge in [-0.15, -0.1) is 0 Å². The van der Waals surface area contributed by atoms with Gasteiger partial charge >= 0.3 is 0 Å². The summed E-state index contributed by atoms with van der Waals surface area (Å²) in [6, 6.07) is 14.7. The second-order valence-electron chi connectivity index (χ2n) is 9.41. The highest BCUT2D eigenvalue weighted by molar-refractivity contribution is 6.33. The quantitative estimate of drug-likeness (QED) is 0.542. The van der Waals surface area contributed by atoms with Crippen molar-refractivity contribution >= 4 is 35.0 Å². The van der Waals surface area contributed by atoms with E-state index >= 15 is 0 Å². The minimum atomic E-state index is -1.14. The van der Waals surface area contributed by atoms with E-state index in [4.69, 9.17) is 16.3 Å². The predicted octanol–water partition coefficient (Wildman–Crippen LogP) is 2.00. The van der Waals surface area contributed by atoms with Gasteiger partial charge in [0.2, 0.25) is 17.7 Å². The zero-order valence-corrected chi connectivity index (χ0v) is 20.1. The molecule has 6 atom stereocenters. The molecule has 0 aliphatic carbocycles. The minimum Gasteiger partial charge on any atom is -0.394 e. The molecule has 2 aromatic rings. The van der Waals surface area contributed by atoms with E-state index in [1.54, 1.807) is 24.3 Å². The zero-order chi connectivity index (χ0) is 24.7. The summed E-state index contributed by atoms with van der Waals surface area (Å²) < 4.78 is 6.37. The number of nitrogens with one attached hydrogen (secondary N) is 2. The number of nitrogens with zero attached hydrogens (tertiary/aromatic N) is 1. The van der Waals surface area contributed by atoms with E-state index in [-0.39, 0.29) is 18.4 Å². The highest BCUT2D eigenvalue weighted by Crippen LogP contribution is 2.59. The summed E-state index contributed by atoms with van der Waals surface area (Å²) in [5, 5.41) is 16.3. The summed E-state index contributed by atoms with van der Waals surface area (Å²) in [7, 11) is 1.53. The van der Waals surface area contributed by atoms with Crippen molar-refractivity contribution in [2.24, 2.45) is 11.8 Å². The van der Waals surface area contributed by atoms with Crippen LogP contribution in [0.3, 0.4) is 0 Å². The van der Waals surface area contributed by atoms with Crippen molar-refractivity contribution in [3.05, 3.63) is 65.2 Å². The van der Waals surface area contributed by atoms with E-state index in [2.05, 4.69) is 10.6 Å². The number of amides is 3. The first kappa shape index (κ1) is 23.8. The maximum Gasteiger partial charge on any atom is 0.250 e. The number of aliphatic hydroxyl groups excluding tert-OH is 1. The Kier molecular flexibility index (Phi) is 6.29. The molecule has 9 heteroatoms. The molecule has 2 aromatic carbocycles. The molecule has 184 valence electrons. The van der Waals surface area contributed by atoms with Crippen LogP contribution in [0.5, 0.6) is 0 Å². The van der Waals surface area contributed by atoms with Crippen molar-refractivity contribution in [1.29, 1.82) is 0 Å². The Bertz CT molecular complexity index is 1140. The lowest BCUT2D eigenvalue weighted by Gasteiger charge is -2.36. The van der Waals surface area contributed by atoms with Crippen LogP contribution < -0.4 is 10.6 Å². The van der Waals surface area contributed by atoms with E-state index in [1.807, 2.05) is 30.3 Å². The average Bonchev–Trinajstić information content (AvgIpc) is 3.51. The molecule has 3 amide bonds.